The number of nitrogens with one attached hydrogen (secondary N) is 1. The zero-order chi connectivity index (χ0) is 22.7. The van der Waals surface area contributed by atoms with Gasteiger partial charge < -0.3 is 5.32 Å². The third kappa shape index (κ3) is 4.23. The van der Waals surface area contributed by atoms with Gasteiger partial charge in [-0.05, 0) is 48.1 Å². The number of anilines is 1. The molecule has 4 aromatic rings. The lowest BCUT2D eigenvalue weighted by atomic mass is 10.0. The molecule has 0 saturated carbocycles. The Bertz CT molecular complexity index is 1290. The van der Waals surface area contributed by atoms with Crippen molar-refractivity contribution in [3.8, 4) is 11.1 Å². The van der Waals surface area contributed by atoms with Gasteiger partial charge in [0.1, 0.15) is 10.9 Å². The third-order valence-electron chi connectivity index (χ3n) is 5.85. The van der Waals surface area contributed by atoms with Crippen molar-refractivity contribution >= 4 is 33.1 Å². The van der Waals surface area contributed by atoms with Gasteiger partial charge in [-0.15, -0.1) is 11.3 Å². The zero-order valence-electron chi connectivity index (χ0n) is 18.6. The van der Waals surface area contributed by atoms with Crippen LogP contribution in [0.15, 0.2) is 65.0 Å². The Labute approximate surface area is 191 Å². The summed E-state index contributed by atoms with van der Waals surface area (Å²) in [5, 5.41) is 5.49. The van der Waals surface area contributed by atoms with Gasteiger partial charge in [0, 0.05) is 16.6 Å². The van der Waals surface area contributed by atoms with Gasteiger partial charge in [-0.3, -0.25) is 14.2 Å². The fourth-order valence-corrected chi connectivity index (χ4v) is 4.76. The van der Waals surface area contributed by atoms with Crippen LogP contribution in [0.1, 0.15) is 44.4 Å². The third-order valence-corrected chi connectivity index (χ3v) is 6.73. The van der Waals surface area contributed by atoms with Crippen LogP contribution >= 0.6 is 11.3 Å². The van der Waals surface area contributed by atoms with E-state index in [9.17, 15) is 9.59 Å². The fourth-order valence-electron chi connectivity index (χ4n) is 3.86. The molecule has 1 amide bonds. The highest BCUT2D eigenvalue weighted by atomic mass is 32.1. The number of benzene rings is 2. The SMILES string of the molecule is CCc1ccc(NC(=O)[C@@H](CC)n2cnc3scc(-c4ccc(CC)cc4)c3c2=O)cc1. The van der Waals surface area contributed by atoms with Gasteiger partial charge in [-0.2, -0.15) is 0 Å². The summed E-state index contributed by atoms with van der Waals surface area (Å²) >= 11 is 1.45. The molecule has 0 radical (unpaired) electrons. The normalized spacial score (nSPS) is 12.1. The van der Waals surface area contributed by atoms with Crippen LogP contribution in [0.4, 0.5) is 5.69 Å². The Kier molecular flexibility index (Phi) is 6.51. The van der Waals surface area contributed by atoms with E-state index in [0.29, 0.717) is 16.6 Å². The second-order valence-corrected chi connectivity index (χ2v) is 8.66. The first-order valence-electron chi connectivity index (χ1n) is 11.0. The van der Waals surface area contributed by atoms with Gasteiger partial charge in [0.25, 0.3) is 5.56 Å². The van der Waals surface area contributed by atoms with E-state index in [1.54, 1.807) is 0 Å². The lowest BCUT2D eigenvalue weighted by Crippen LogP contribution is -2.33. The Hall–Kier alpha value is -3.25. The molecule has 32 heavy (non-hydrogen) atoms. The highest BCUT2D eigenvalue weighted by Crippen LogP contribution is 2.31. The highest BCUT2D eigenvalue weighted by Gasteiger charge is 2.23. The summed E-state index contributed by atoms with van der Waals surface area (Å²) in [4.78, 5) is 31.7. The second-order valence-electron chi connectivity index (χ2n) is 7.80. The molecule has 0 aliphatic carbocycles. The van der Waals surface area contributed by atoms with E-state index in [-0.39, 0.29) is 11.5 Å². The van der Waals surface area contributed by atoms with Crippen LogP contribution in [0, 0.1) is 0 Å². The highest BCUT2D eigenvalue weighted by molar-refractivity contribution is 7.17. The first-order chi connectivity index (χ1) is 15.5. The summed E-state index contributed by atoms with van der Waals surface area (Å²) in [6.45, 7) is 6.11. The Morgan fingerprint density at radius 3 is 2.22 bits per heavy atom. The molecular formula is C26H27N3O2S. The van der Waals surface area contributed by atoms with Crippen molar-refractivity contribution in [2.45, 2.75) is 46.1 Å². The largest absolute Gasteiger partial charge is 0.324 e. The number of rotatable bonds is 7. The summed E-state index contributed by atoms with van der Waals surface area (Å²) in [7, 11) is 0. The monoisotopic (exact) mass is 445 g/mol. The summed E-state index contributed by atoms with van der Waals surface area (Å²) in [6, 6.07) is 15.4. The van der Waals surface area contributed by atoms with Gasteiger partial charge in [0.05, 0.1) is 11.7 Å². The lowest BCUT2D eigenvalue weighted by Gasteiger charge is -2.18. The van der Waals surface area contributed by atoms with Crippen molar-refractivity contribution in [2.75, 3.05) is 5.32 Å². The van der Waals surface area contributed by atoms with E-state index in [0.717, 1.165) is 29.7 Å². The average Bonchev–Trinajstić information content (AvgIpc) is 3.26. The molecule has 5 nitrogen and oxygen atoms in total. The molecule has 6 heteroatoms. The minimum atomic E-state index is -0.638. The van der Waals surface area contributed by atoms with Crippen LogP contribution < -0.4 is 10.9 Å². The molecule has 164 valence electrons. The second kappa shape index (κ2) is 9.49. The molecule has 1 atom stereocenters. The first-order valence-corrected chi connectivity index (χ1v) is 11.9. The van der Waals surface area contributed by atoms with Gasteiger partial charge >= 0.3 is 0 Å². The molecule has 0 spiro atoms. The van der Waals surface area contributed by atoms with Crippen molar-refractivity contribution in [2.24, 2.45) is 0 Å². The summed E-state index contributed by atoms with van der Waals surface area (Å²) < 4.78 is 1.47. The number of amides is 1. The topological polar surface area (TPSA) is 64.0 Å². The minimum absolute atomic E-state index is 0.186. The van der Waals surface area contributed by atoms with Crippen LogP contribution in [0.25, 0.3) is 21.3 Å². The van der Waals surface area contributed by atoms with Crippen molar-refractivity contribution in [3.05, 3.63) is 81.7 Å². The molecule has 0 aliphatic rings. The van der Waals surface area contributed by atoms with Crippen LogP contribution in [0.5, 0.6) is 0 Å². The molecule has 0 saturated heterocycles. The first kappa shape index (κ1) is 22.0. The molecular weight excluding hydrogens is 418 g/mol. The lowest BCUT2D eigenvalue weighted by molar-refractivity contribution is -0.119. The van der Waals surface area contributed by atoms with Crippen molar-refractivity contribution < 1.29 is 4.79 Å². The Morgan fingerprint density at radius 1 is 1.00 bits per heavy atom. The molecule has 0 fully saturated rings. The van der Waals surface area contributed by atoms with Crippen LogP contribution in [-0.2, 0) is 17.6 Å². The fraction of sp³-hybridized carbons (Fsp3) is 0.269. The van der Waals surface area contributed by atoms with E-state index in [4.69, 9.17) is 0 Å². The molecule has 0 aliphatic heterocycles. The van der Waals surface area contributed by atoms with E-state index in [2.05, 4.69) is 36.3 Å². The van der Waals surface area contributed by atoms with Crippen LogP contribution in [0.3, 0.4) is 0 Å². The van der Waals surface area contributed by atoms with E-state index in [1.165, 1.54) is 33.4 Å². The van der Waals surface area contributed by atoms with Crippen LogP contribution in [-0.4, -0.2) is 15.5 Å². The van der Waals surface area contributed by atoms with E-state index >= 15 is 0 Å². The standard InChI is InChI=1S/C26H27N3O2S/c1-4-17-7-11-19(12-8-17)21-15-32-25-23(21)26(31)29(16-27-25)22(6-3)24(30)28-20-13-9-18(5-2)10-14-20/h7-16,22H,4-6H2,1-3H3,(H,28,30)/t22-/m1/s1. The number of hydrogen-bond acceptors (Lipinski definition) is 4. The van der Waals surface area contributed by atoms with Gasteiger partial charge in [-0.1, -0.05) is 57.2 Å². The molecule has 2 aromatic carbocycles. The smallest absolute Gasteiger partial charge is 0.263 e. The molecule has 2 aromatic heterocycles. The summed E-state index contributed by atoms with van der Waals surface area (Å²) in [6.07, 6.45) is 3.89. The maximum atomic E-state index is 13.5. The maximum Gasteiger partial charge on any atom is 0.263 e. The molecule has 2 heterocycles. The predicted octanol–water partition coefficient (Wildman–Crippen LogP) is 5.84. The Balaban J connectivity index is 1.69. The number of carbonyl (C=O) groups excluding carboxylic acids is 1. The van der Waals surface area contributed by atoms with Crippen LogP contribution in [0.2, 0.25) is 0 Å². The van der Waals surface area contributed by atoms with Crippen molar-refractivity contribution in [3.63, 3.8) is 0 Å². The number of carbonyl (C=O) groups is 1. The molecule has 0 bridgehead atoms. The van der Waals surface area contributed by atoms with Gasteiger partial charge in [0.15, 0.2) is 0 Å². The van der Waals surface area contributed by atoms with Gasteiger partial charge in [-0.25, -0.2) is 4.98 Å². The van der Waals surface area contributed by atoms with Crippen molar-refractivity contribution in [1.82, 2.24) is 9.55 Å². The average molecular weight is 446 g/mol. The Morgan fingerprint density at radius 2 is 1.62 bits per heavy atom. The number of aryl methyl sites for hydroxylation is 2. The maximum absolute atomic E-state index is 13.5. The van der Waals surface area contributed by atoms with E-state index < -0.39 is 6.04 Å². The van der Waals surface area contributed by atoms with Gasteiger partial charge in [0.2, 0.25) is 5.91 Å². The number of fused-ring (bicyclic) bond motifs is 1. The minimum Gasteiger partial charge on any atom is -0.324 e. The number of nitrogens with zero attached hydrogens (tertiary/aromatic N) is 2. The van der Waals surface area contributed by atoms with E-state index in [1.807, 2.05) is 48.7 Å². The summed E-state index contributed by atoms with van der Waals surface area (Å²) in [5.41, 5.74) is 4.84. The zero-order valence-corrected chi connectivity index (χ0v) is 19.4. The molecule has 0 unspecified atom stereocenters. The number of thiophene rings is 1. The predicted molar refractivity (Wildman–Crippen MR) is 132 cm³/mol. The number of aromatic nitrogens is 2. The summed E-state index contributed by atoms with van der Waals surface area (Å²) in [5.74, 6) is -0.218. The van der Waals surface area contributed by atoms with Crippen molar-refractivity contribution in [1.29, 1.82) is 0 Å². The molecule has 1 N–H and O–H groups in total. The number of hydrogen-bond donors (Lipinski definition) is 1. The molecule has 4 rings (SSSR count). The quantitative estimate of drug-likeness (QED) is 0.389.